The van der Waals surface area contributed by atoms with Gasteiger partial charge in [-0.1, -0.05) is 0 Å². The number of carbonyl (C=O) groups excluding carboxylic acids is 1. The van der Waals surface area contributed by atoms with Crippen LogP contribution in [-0.2, 0) is 14.8 Å². The summed E-state index contributed by atoms with van der Waals surface area (Å²) >= 11 is 0. The average Bonchev–Trinajstić information content (AvgIpc) is 2.97. The maximum atomic E-state index is 12.3. The fourth-order valence-corrected chi connectivity index (χ4v) is 3.72. The molecule has 0 aliphatic carbocycles. The molecule has 1 aliphatic rings. The first-order chi connectivity index (χ1) is 9.94. The molecule has 0 spiro atoms. The SMILES string of the molecule is COC(=O)c1ccc(S(=O)(=O)NCC2CCCN2)c(C)c1.Cl. The molecule has 8 heteroatoms. The topological polar surface area (TPSA) is 84.5 Å². The molecule has 22 heavy (non-hydrogen) atoms. The Kier molecular flexibility index (Phi) is 6.80. The number of nitrogens with one attached hydrogen (secondary N) is 2. The van der Waals surface area contributed by atoms with Gasteiger partial charge in [0, 0.05) is 12.6 Å². The highest BCUT2D eigenvalue weighted by Gasteiger charge is 2.21. The second-order valence-electron chi connectivity index (χ2n) is 5.12. The van der Waals surface area contributed by atoms with E-state index in [0.29, 0.717) is 17.7 Å². The number of halogens is 1. The van der Waals surface area contributed by atoms with Crippen LogP contribution < -0.4 is 10.0 Å². The summed E-state index contributed by atoms with van der Waals surface area (Å²) in [6.07, 6.45) is 2.04. The van der Waals surface area contributed by atoms with Gasteiger partial charge in [0.05, 0.1) is 17.6 Å². The zero-order valence-electron chi connectivity index (χ0n) is 12.6. The van der Waals surface area contributed by atoms with Crippen molar-refractivity contribution in [3.8, 4) is 0 Å². The standard InChI is InChI=1S/C14H20N2O4S.ClH/c1-10-8-11(14(17)20-2)5-6-13(10)21(18,19)16-9-12-4-3-7-15-12;/h5-6,8,12,15-16H,3-4,7,9H2,1-2H3;1H. The second-order valence-corrected chi connectivity index (χ2v) is 6.85. The van der Waals surface area contributed by atoms with E-state index in [1.165, 1.54) is 25.3 Å². The summed E-state index contributed by atoms with van der Waals surface area (Å²) in [5.41, 5.74) is 0.858. The molecular formula is C14H21ClN2O4S. The molecule has 124 valence electrons. The Morgan fingerprint density at radius 3 is 2.73 bits per heavy atom. The van der Waals surface area contributed by atoms with Gasteiger partial charge in [-0.25, -0.2) is 17.9 Å². The normalized spacial score (nSPS) is 17.8. The number of hydrogen-bond donors (Lipinski definition) is 2. The first-order valence-corrected chi connectivity index (χ1v) is 8.34. The number of aryl methyl sites for hydroxylation is 1. The minimum Gasteiger partial charge on any atom is -0.465 e. The van der Waals surface area contributed by atoms with Crippen LogP contribution in [-0.4, -0.2) is 40.6 Å². The molecule has 0 aromatic heterocycles. The van der Waals surface area contributed by atoms with Crippen molar-refractivity contribution in [3.63, 3.8) is 0 Å². The maximum Gasteiger partial charge on any atom is 0.337 e. The molecule has 2 N–H and O–H groups in total. The molecule has 1 aromatic rings. The van der Waals surface area contributed by atoms with E-state index in [9.17, 15) is 13.2 Å². The van der Waals surface area contributed by atoms with E-state index in [4.69, 9.17) is 0 Å². The minimum atomic E-state index is -3.57. The molecule has 0 saturated carbocycles. The Morgan fingerprint density at radius 2 is 2.18 bits per heavy atom. The van der Waals surface area contributed by atoms with E-state index in [0.717, 1.165) is 19.4 Å². The molecule has 1 saturated heterocycles. The van der Waals surface area contributed by atoms with Gasteiger partial charge in [0.2, 0.25) is 10.0 Å². The molecule has 0 radical (unpaired) electrons. The highest BCUT2D eigenvalue weighted by atomic mass is 35.5. The first-order valence-electron chi connectivity index (χ1n) is 6.86. The van der Waals surface area contributed by atoms with E-state index >= 15 is 0 Å². The zero-order valence-corrected chi connectivity index (χ0v) is 14.2. The lowest BCUT2D eigenvalue weighted by molar-refractivity contribution is 0.0600. The van der Waals surface area contributed by atoms with Gasteiger partial charge in [0.1, 0.15) is 0 Å². The Morgan fingerprint density at radius 1 is 1.45 bits per heavy atom. The number of ether oxygens (including phenoxy) is 1. The van der Waals surface area contributed by atoms with Crippen molar-refractivity contribution in [2.24, 2.45) is 0 Å². The van der Waals surface area contributed by atoms with E-state index in [1.807, 2.05) is 0 Å². The van der Waals surface area contributed by atoms with E-state index in [-0.39, 0.29) is 23.3 Å². The van der Waals surface area contributed by atoms with Crippen LogP contribution in [0.2, 0.25) is 0 Å². The van der Waals surface area contributed by atoms with Gasteiger partial charge in [-0.2, -0.15) is 0 Å². The van der Waals surface area contributed by atoms with Crippen LogP contribution in [0.3, 0.4) is 0 Å². The van der Waals surface area contributed by atoms with E-state index < -0.39 is 16.0 Å². The highest BCUT2D eigenvalue weighted by Crippen LogP contribution is 2.17. The Balaban J connectivity index is 0.00000242. The van der Waals surface area contributed by atoms with Crippen molar-refractivity contribution >= 4 is 28.4 Å². The molecule has 1 heterocycles. The molecule has 0 amide bonds. The molecule has 1 fully saturated rings. The summed E-state index contributed by atoms with van der Waals surface area (Å²) in [6.45, 7) is 2.97. The quantitative estimate of drug-likeness (QED) is 0.782. The van der Waals surface area contributed by atoms with Crippen molar-refractivity contribution in [3.05, 3.63) is 29.3 Å². The largest absolute Gasteiger partial charge is 0.465 e. The van der Waals surface area contributed by atoms with Gasteiger partial charge >= 0.3 is 5.97 Å². The maximum absolute atomic E-state index is 12.3. The molecule has 2 rings (SSSR count). The van der Waals surface area contributed by atoms with Crippen LogP contribution in [0.25, 0.3) is 0 Å². The molecule has 0 bridgehead atoms. The molecule has 1 unspecified atom stereocenters. The minimum absolute atomic E-state index is 0. The smallest absolute Gasteiger partial charge is 0.337 e. The van der Waals surface area contributed by atoms with Crippen LogP contribution in [0.5, 0.6) is 0 Å². The van der Waals surface area contributed by atoms with Crippen molar-refractivity contribution in [2.75, 3.05) is 20.2 Å². The monoisotopic (exact) mass is 348 g/mol. The Labute approximate surface area is 137 Å². The van der Waals surface area contributed by atoms with Crippen LogP contribution in [0.1, 0.15) is 28.8 Å². The molecular weight excluding hydrogens is 328 g/mol. The Bertz CT molecular complexity index is 628. The number of esters is 1. The molecule has 1 atom stereocenters. The number of carbonyl (C=O) groups is 1. The summed E-state index contributed by atoms with van der Waals surface area (Å²) in [5.74, 6) is -0.481. The van der Waals surface area contributed by atoms with E-state index in [1.54, 1.807) is 6.92 Å². The predicted octanol–water partition coefficient (Wildman–Crippen LogP) is 1.23. The van der Waals surface area contributed by atoms with Crippen molar-refractivity contribution in [1.82, 2.24) is 10.0 Å². The lowest BCUT2D eigenvalue weighted by atomic mass is 10.1. The third-order valence-corrected chi connectivity index (χ3v) is 5.15. The zero-order chi connectivity index (χ0) is 15.5. The number of sulfonamides is 1. The fourth-order valence-electron chi connectivity index (χ4n) is 2.41. The summed E-state index contributed by atoms with van der Waals surface area (Å²) in [7, 11) is -2.28. The number of rotatable bonds is 5. The number of methoxy groups -OCH3 is 1. The fraction of sp³-hybridized carbons (Fsp3) is 0.500. The van der Waals surface area contributed by atoms with Crippen molar-refractivity contribution in [1.29, 1.82) is 0 Å². The van der Waals surface area contributed by atoms with Crippen molar-refractivity contribution < 1.29 is 17.9 Å². The van der Waals surface area contributed by atoms with Gasteiger partial charge < -0.3 is 10.1 Å². The van der Waals surface area contributed by atoms with Gasteiger partial charge in [-0.15, -0.1) is 12.4 Å². The van der Waals surface area contributed by atoms with Crippen LogP contribution in [0.4, 0.5) is 0 Å². The van der Waals surface area contributed by atoms with Gasteiger partial charge in [0.25, 0.3) is 0 Å². The third kappa shape index (κ3) is 4.42. The molecule has 1 aromatic carbocycles. The second kappa shape index (κ2) is 7.92. The summed E-state index contributed by atoms with van der Waals surface area (Å²) in [5, 5.41) is 3.24. The molecule has 1 aliphatic heterocycles. The summed E-state index contributed by atoms with van der Waals surface area (Å²) in [6, 6.07) is 4.61. The number of benzene rings is 1. The van der Waals surface area contributed by atoms with Gasteiger partial charge in [-0.05, 0) is 50.1 Å². The Hall–Kier alpha value is -1.15. The third-order valence-electron chi connectivity index (χ3n) is 3.57. The average molecular weight is 349 g/mol. The van der Waals surface area contributed by atoms with Crippen molar-refractivity contribution in [2.45, 2.75) is 30.7 Å². The lowest BCUT2D eigenvalue weighted by Gasteiger charge is -2.13. The van der Waals surface area contributed by atoms with Crippen LogP contribution in [0, 0.1) is 6.92 Å². The van der Waals surface area contributed by atoms with Crippen LogP contribution >= 0.6 is 12.4 Å². The van der Waals surface area contributed by atoms with Gasteiger partial charge in [-0.3, -0.25) is 0 Å². The summed E-state index contributed by atoms with van der Waals surface area (Å²) in [4.78, 5) is 11.6. The highest BCUT2D eigenvalue weighted by molar-refractivity contribution is 7.89. The van der Waals surface area contributed by atoms with E-state index in [2.05, 4.69) is 14.8 Å². The summed E-state index contributed by atoms with van der Waals surface area (Å²) < 4.78 is 31.8. The number of hydrogen-bond acceptors (Lipinski definition) is 5. The van der Waals surface area contributed by atoms with Gasteiger partial charge in [0.15, 0.2) is 0 Å². The molecule has 6 nitrogen and oxygen atoms in total. The predicted molar refractivity (Wildman–Crippen MR) is 86.0 cm³/mol. The first kappa shape index (κ1) is 18.9. The lowest BCUT2D eigenvalue weighted by Crippen LogP contribution is -2.37. The van der Waals surface area contributed by atoms with Crippen LogP contribution in [0.15, 0.2) is 23.1 Å².